The third-order valence-electron chi connectivity index (χ3n) is 6.58. The molecule has 1 saturated carbocycles. The Morgan fingerprint density at radius 1 is 0.844 bits per heavy atom. The molecule has 1 fully saturated rings. The summed E-state index contributed by atoms with van der Waals surface area (Å²) in [5.74, 6) is 0. The van der Waals surface area contributed by atoms with Crippen LogP contribution in [0.1, 0.15) is 24.8 Å². The van der Waals surface area contributed by atoms with Gasteiger partial charge in [-0.2, -0.15) is 5.10 Å². The van der Waals surface area contributed by atoms with Crippen molar-refractivity contribution in [2.45, 2.75) is 24.8 Å². The average Bonchev–Trinajstić information content (AvgIpc) is 3.37. The van der Waals surface area contributed by atoms with Gasteiger partial charge in [0.2, 0.25) is 0 Å². The van der Waals surface area contributed by atoms with Crippen molar-refractivity contribution >= 4 is 10.9 Å². The minimum Gasteiger partial charge on any atom is -0.321 e. The molecular formula is C27H23N5. The summed E-state index contributed by atoms with van der Waals surface area (Å²) in [6, 6.07) is 23.2. The molecule has 3 aromatic heterocycles. The van der Waals surface area contributed by atoms with Gasteiger partial charge in [-0.15, -0.1) is 0 Å². The highest BCUT2D eigenvalue weighted by Crippen LogP contribution is 2.40. The van der Waals surface area contributed by atoms with Crippen LogP contribution in [0.15, 0.2) is 85.3 Å². The van der Waals surface area contributed by atoms with Crippen LogP contribution in [0.25, 0.3) is 44.5 Å². The standard InChI is InChI=1S/C27H23N5/c28-27(12-4-13-27)21-9-7-19(8-10-21)26-22(18-5-2-1-3-6-18)15-23-24(32-26)11-14-29-25(23)20-16-30-31-17-20/h1-3,5-11,14-17H,4,12-13,28H2,(H,30,31). The molecule has 156 valence electrons. The molecule has 1 aliphatic carbocycles. The molecule has 0 atom stereocenters. The van der Waals surface area contributed by atoms with Gasteiger partial charge >= 0.3 is 0 Å². The first-order chi connectivity index (χ1) is 15.7. The van der Waals surface area contributed by atoms with Crippen molar-refractivity contribution in [3.63, 3.8) is 0 Å². The van der Waals surface area contributed by atoms with Gasteiger partial charge in [-0.05, 0) is 42.5 Å². The van der Waals surface area contributed by atoms with E-state index in [0.29, 0.717) is 0 Å². The normalized spacial score (nSPS) is 14.9. The molecule has 0 aliphatic heterocycles. The fraction of sp³-hybridized carbons (Fsp3) is 0.148. The summed E-state index contributed by atoms with van der Waals surface area (Å²) in [5, 5.41) is 7.98. The molecule has 0 radical (unpaired) electrons. The predicted molar refractivity (Wildman–Crippen MR) is 128 cm³/mol. The number of H-pyrrole nitrogens is 1. The highest BCUT2D eigenvalue weighted by molar-refractivity contribution is 5.98. The summed E-state index contributed by atoms with van der Waals surface area (Å²) in [7, 11) is 0. The lowest BCUT2D eigenvalue weighted by atomic mass is 9.72. The second-order valence-electron chi connectivity index (χ2n) is 8.55. The number of nitrogens with two attached hydrogens (primary N) is 1. The molecule has 3 heterocycles. The van der Waals surface area contributed by atoms with E-state index < -0.39 is 0 Å². The number of hydrogen-bond acceptors (Lipinski definition) is 4. The Kier molecular flexibility index (Phi) is 4.37. The zero-order valence-electron chi connectivity index (χ0n) is 17.6. The first-order valence-corrected chi connectivity index (χ1v) is 11.0. The molecule has 6 rings (SSSR count). The Morgan fingerprint density at radius 3 is 2.34 bits per heavy atom. The van der Waals surface area contributed by atoms with E-state index in [1.54, 1.807) is 6.20 Å². The lowest BCUT2D eigenvalue weighted by molar-refractivity contribution is 0.253. The van der Waals surface area contributed by atoms with Gasteiger partial charge in [0.1, 0.15) is 0 Å². The van der Waals surface area contributed by atoms with Crippen LogP contribution < -0.4 is 5.73 Å². The zero-order valence-corrected chi connectivity index (χ0v) is 17.6. The van der Waals surface area contributed by atoms with Crippen molar-refractivity contribution in [2.24, 2.45) is 5.73 Å². The molecule has 0 spiro atoms. The van der Waals surface area contributed by atoms with Gasteiger partial charge in [-0.3, -0.25) is 10.1 Å². The monoisotopic (exact) mass is 417 g/mol. The maximum Gasteiger partial charge on any atom is 0.0827 e. The maximum absolute atomic E-state index is 6.54. The third kappa shape index (κ3) is 3.10. The molecule has 0 unspecified atom stereocenters. The van der Waals surface area contributed by atoms with Crippen LogP contribution in [0.2, 0.25) is 0 Å². The number of aromatic amines is 1. The van der Waals surface area contributed by atoms with Crippen molar-refractivity contribution in [1.82, 2.24) is 20.2 Å². The number of nitrogens with one attached hydrogen (secondary N) is 1. The molecule has 0 saturated heterocycles. The number of fused-ring (bicyclic) bond motifs is 1. The highest BCUT2D eigenvalue weighted by atomic mass is 15.1. The first kappa shape index (κ1) is 18.9. The van der Waals surface area contributed by atoms with Crippen molar-refractivity contribution in [2.75, 3.05) is 0 Å². The maximum atomic E-state index is 6.54. The van der Waals surface area contributed by atoms with Gasteiger partial charge in [-0.1, -0.05) is 54.6 Å². The second-order valence-corrected chi connectivity index (χ2v) is 8.55. The van der Waals surface area contributed by atoms with Gasteiger partial charge in [0.05, 0.1) is 23.1 Å². The average molecular weight is 418 g/mol. The lowest BCUT2D eigenvalue weighted by Gasteiger charge is -2.38. The van der Waals surface area contributed by atoms with Crippen molar-refractivity contribution in [3.05, 3.63) is 90.9 Å². The molecule has 5 heteroatoms. The van der Waals surface area contributed by atoms with E-state index in [0.717, 1.165) is 57.4 Å². The topological polar surface area (TPSA) is 80.5 Å². The van der Waals surface area contributed by atoms with Crippen LogP contribution in [0, 0.1) is 0 Å². The van der Waals surface area contributed by atoms with Gasteiger partial charge in [0.15, 0.2) is 0 Å². The van der Waals surface area contributed by atoms with Gasteiger partial charge in [0.25, 0.3) is 0 Å². The quantitative estimate of drug-likeness (QED) is 0.393. The molecule has 3 N–H and O–H groups in total. The smallest absolute Gasteiger partial charge is 0.0827 e. The minimum atomic E-state index is -0.164. The Morgan fingerprint density at radius 2 is 1.66 bits per heavy atom. The molecule has 2 aromatic carbocycles. The van der Waals surface area contributed by atoms with E-state index in [4.69, 9.17) is 10.7 Å². The van der Waals surface area contributed by atoms with E-state index in [-0.39, 0.29) is 5.54 Å². The molecule has 0 amide bonds. The number of rotatable bonds is 4. The van der Waals surface area contributed by atoms with Gasteiger partial charge < -0.3 is 5.73 Å². The summed E-state index contributed by atoms with van der Waals surface area (Å²) in [5.41, 5.74) is 14.6. The fourth-order valence-electron chi connectivity index (χ4n) is 4.57. The number of aromatic nitrogens is 4. The Balaban J connectivity index is 1.55. The van der Waals surface area contributed by atoms with Gasteiger partial charge in [-0.25, -0.2) is 4.98 Å². The van der Waals surface area contributed by atoms with E-state index in [9.17, 15) is 0 Å². The molecule has 32 heavy (non-hydrogen) atoms. The summed E-state index contributed by atoms with van der Waals surface area (Å²) in [6.07, 6.45) is 8.77. The Hall–Kier alpha value is -3.83. The molecular weight excluding hydrogens is 394 g/mol. The number of benzene rings is 2. The van der Waals surface area contributed by atoms with E-state index in [2.05, 4.69) is 69.8 Å². The van der Waals surface area contributed by atoms with E-state index >= 15 is 0 Å². The summed E-state index contributed by atoms with van der Waals surface area (Å²) >= 11 is 0. The second kappa shape index (κ2) is 7.39. The van der Waals surface area contributed by atoms with Crippen molar-refractivity contribution < 1.29 is 0 Å². The fourth-order valence-corrected chi connectivity index (χ4v) is 4.57. The number of nitrogens with zero attached hydrogens (tertiary/aromatic N) is 3. The largest absolute Gasteiger partial charge is 0.321 e. The van der Waals surface area contributed by atoms with Crippen LogP contribution >= 0.6 is 0 Å². The van der Waals surface area contributed by atoms with Crippen LogP contribution in [-0.2, 0) is 5.54 Å². The highest BCUT2D eigenvalue weighted by Gasteiger charge is 2.34. The summed E-state index contributed by atoms with van der Waals surface area (Å²) in [4.78, 5) is 9.74. The molecule has 1 aliphatic rings. The Labute approximate surface area is 186 Å². The SMILES string of the molecule is NC1(c2ccc(-c3nc4ccnc(-c5cn[nH]c5)c4cc3-c3ccccc3)cc2)CCC1. The molecule has 0 bridgehead atoms. The number of pyridine rings is 2. The molecule has 5 nitrogen and oxygen atoms in total. The molecule has 5 aromatic rings. The van der Waals surface area contributed by atoms with E-state index in [1.165, 1.54) is 12.0 Å². The van der Waals surface area contributed by atoms with Crippen LogP contribution in [-0.4, -0.2) is 20.2 Å². The van der Waals surface area contributed by atoms with Crippen LogP contribution in [0.4, 0.5) is 0 Å². The van der Waals surface area contributed by atoms with Crippen molar-refractivity contribution in [1.29, 1.82) is 0 Å². The van der Waals surface area contributed by atoms with Gasteiger partial charge in [0, 0.05) is 40.0 Å². The van der Waals surface area contributed by atoms with Crippen LogP contribution in [0.5, 0.6) is 0 Å². The van der Waals surface area contributed by atoms with Crippen molar-refractivity contribution in [3.8, 4) is 33.6 Å². The third-order valence-corrected chi connectivity index (χ3v) is 6.58. The lowest BCUT2D eigenvalue weighted by Crippen LogP contribution is -2.43. The number of hydrogen-bond donors (Lipinski definition) is 2. The Bertz CT molecular complexity index is 1390. The summed E-state index contributed by atoms with van der Waals surface area (Å²) in [6.45, 7) is 0. The zero-order chi connectivity index (χ0) is 21.5. The predicted octanol–water partition coefficient (Wildman–Crippen LogP) is 5.69. The first-order valence-electron chi connectivity index (χ1n) is 11.0. The summed E-state index contributed by atoms with van der Waals surface area (Å²) < 4.78 is 0. The van der Waals surface area contributed by atoms with Crippen LogP contribution in [0.3, 0.4) is 0 Å². The van der Waals surface area contributed by atoms with E-state index in [1.807, 2.05) is 24.5 Å². The minimum absolute atomic E-state index is 0.164.